The summed E-state index contributed by atoms with van der Waals surface area (Å²) >= 11 is 0. The lowest BCUT2D eigenvalue weighted by molar-refractivity contribution is 0.199. The first-order valence-electron chi connectivity index (χ1n) is 8.24. The molecule has 2 nitrogen and oxygen atoms in total. The summed E-state index contributed by atoms with van der Waals surface area (Å²) in [6.45, 7) is 0.475. The maximum atomic E-state index is 8.95. The zero-order valence-electron chi connectivity index (χ0n) is 12.5. The molecule has 1 aromatic carbocycles. The van der Waals surface area contributed by atoms with Gasteiger partial charge in [-0.05, 0) is 30.4 Å². The van der Waals surface area contributed by atoms with Crippen molar-refractivity contribution in [2.45, 2.75) is 63.7 Å². The van der Waals surface area contributed by atoms with Crippen LogP contribution in [0.2, 0.25) is 0 Å². The minimum Gasteiger partial charge on any atom is -0.491 e. The summed E-state index contributed by atoms with van der Waals surface area (Å²) in [5.74, 6) is 1.60. The highest BCUT2D eigenvalue weighted by Gasteiger charge is 2.16. The summed E-state index contributed by atoms with van der Waals surface area (Å²) in [5.41, 5.74) is 1.35. The highest BCUT2D eigenvalue weighted by Crippen LogP contribution is 2.35. The number of aliphatic hydroxyl groups excluding tert-OH is 1. The third-order valence-corrected chi connectivity index (χ3v) is 4.31. The van der Waals surface area contributed by atoms with Crippen LogP contribution in [0.5, 0.6) is 5.75 Å². The third-order valence-electron chi connectivity index (χ3n) is 4.31. The van der Waals surface area contributed by atoms with E-state index in [4.69, 9.17) is 9.84 Å². The van der Waals surface area contributed by atoms with Crippen molar-refractivity contribution in [2.24, 2.45) is 0 Å². The van der Waals surface area contributed by atoms with Gasteiger partial charge in [0.25, 0.3) is 0 Å². The molecule has 1 aliphatic rings. The molecular weight excluding hydrogens is 248 g/mol. The molecule has 0 bridgehead atoms. The Labute approximate surface area is 123 Å². The Morgan fingerprint density at radius 1 is 0.900 bits per heavy atom. The zero-order chi connectivity index (χ0) is 14.0. The van der Waals surface area contributed by atoms with Crippen molar-refractivity contribution in [3.05, 3.63) is 29.8 Å². The molecule has 0 amide bonds. The monoisotopic (exact) mass is 276 g/mol. The van der Waals surface area contributed by atoms with Gasteiger partial charge in [0.05, 0.1) is 6.61 Å². The second-order valence-electron chi connectivity index (χ2n) is 5.86. The van der Waals surface area contributed by atoms with Crippen LogP contribution in [0.15, 0.2) is 24.3 Å². The molecule has 2 heteroatoms. The van der Waals surface area contributed by atoms with E-state index in [1.807, 2.05) is 12.1 Å². The van der Waals surface area contributed by atoms with Gasteiger partial charge < -0.3 is 9.84 Å². The highest BCUT2D eigenvalue weighted by atomic mass is 16.5. The minimum atomic E-state index is 0.0823. The van der Waals surface area contributed by atoms with Gasteiger partial charge in [-0.25, -0.2) is 0 Å². The molecule has 0 unspecified atom stereocenters. The van der Waals surface area contributed by atoms with Gasteiger partial charge in [0, 0.05) is 0 Å². The molecule has 2 rings (SSSR count). The standard InChI is InChI=1S/C18H28O2/c19-14-15-20-18-13-9-8-12-17(18)16-10-6-4-2-1-3-5-7-11-16/h8-9,12-13,16,19H,1-7,10-11,14-15H2. The van der Waals surface area contributed by atoms with Crippen molar-refractivity contribution in [2.75, 3.05) is 13.2 Å². The SMILES string of the molecule is OCCOc1ccccc1C1CCCCCCCCC1. The molecule has 1 saturated carbocycles. The van der Waals surface area contributed by atoms with E-state index < -0.39 is 0 Å². The number of rotatable bonds is 4. The molecule has 0 aromatic heterocycles. The van der Waals surface area contributed by atoms with E-state index >= 15 is 0 Å². The van der Waals surface area contributed by atoms with Crippen LogP contribution in [0.4, 0.5) is 0 Å². The van der Waals surface area contributed by atoms with E-state index in [0.717, 1.165) is 5.75 Å². The number of para-hydroxylation sites is 1. The third kappa shape index (κ3) is 4.82. The fourth-order valence-electron chi connectivity index (χ4n) is 3.23. The molecule has 0 saturated heterocycles. The highest BCUT2D eigenvalue weighted by molar-refractivity contribution is 5.36. The summed E-state index contributed by atoms with van der Waals surface area (Å²) in [6.07, 6.45) is 12.2. The van der Waals surface area contributed by atoms with Crippen LogP contribution >= 0.6 is 0 Å². The van der Waals surface area contributed by atoms with Gasteiger partial charge in [-0.3, -0.25) is 0 Å². The molecule has 112 valence electrons. The number of hydrogen-bond donors (Lipinski definition) is 1. The number of aliphatic hydroxyl groups is 1. The zero-order valence-corrected chi connectivity index (χ0v) is 12.5. The maximum Gasteiger partial charge on any atom is 0.122 e. The molecule has 1 aliphatic carbocycles. The molecule has 0 radical (unpaired) electrons. The van der Waals surface area contributed by atoms with E-state index in [2.05, 4.69) is 12.1 Å². The molecule has 0 heterocycles. The Morgan fingerprint density at radius 3 is 2.15 bits per heavy atom. The van der Waals surface area contributed by atoms with Gasteiger partial charge in [0.15, 0.2) is 0 Å². The fourth-order valence-corrected chi connectivity index (χ4v) is 3.23. The van der Waals surface area contributed by atoms with Gasteiger partial charge in [-0.2, -0.15) is 0 Å². The number of benzene rings is 1. The topological polar surface area (TPSA) is 29.5 Å². The molecule has 0 spiro atoms. The minimum absolute atomic E-state index is 0.0823. The van der Waals surface area contributed by atoms with Crippen molar-refractivity contribution >= 4 is 0 Å². The van der Waals surface area contributed by atoms with Crippen LogP contribution in [-0.2, 0) is 0 Å². The molecule has 0 atom stereocenters. The van der Waals surface area contributed by atoms with E-state index in [-0.39, 0.29) is 6.61 Å². The predicted octanol–water partition coefficient (Wildman–Crippen LogP) is 4.67. The first-order chi connectivity index (χ1) is 9.92. The Hall–Kier alpha value is -1.02. The first-order valence-corrected chi connectivity index (χ1v) is 8.24. The number of hydrogen-bond acceptors (Lipinski definition) is 2. The fraction of sp³-hybridized carbons (Fsp3) is 0.667. The Kier molecular flexibility index (Phi) is 6.93. The first kappa shape index (κ1) is 15.4. The quantitative estimate of drug-likeness (QED) is 0.866. The summed E-state index contributed by atoms with van der Waals surface area (Å²) in [6, 6.07) is 8.39. The average Bonchev–Trinajstić information content (AvgIpc) is 2.51. The van der Waals surface area contributed by atoms with Crippen molar-refractivity contribution in [3.8, 4) is 5.75 Å². The van der Waals surface area contributed by atoms with Gasteiger partial charge in [-0.1, -0.05) is 63.1 Å². The van der Waals surface area contributed by atoms with Gasteiger partial charge in [0.2, 0.25) is 0 Å². The van der Waals surface area contributed by atoms with Gasteiger partial charge in [0.1, 0.15) is 12.4 Å². The lowest BCUT2D eigenvalue weighted by atomic mass is 9.86. The number of ether oxygens (including phenoxy) is 1. The molecule has 1 fully saturated rings. The van der Waals surface area contributed by atoms with Crippen molar-refractivity contribution in [3.63, 3.8) is 0 Å². The van der Waals surface area contributed by atoms with Crippen molar-refractivity contribution < 1.29 is 9.84 Å². The maximum absolute atomic E-state index is 8.95. The normalized spacial score (nSPS) is 18.6. The van der Waals surface area contributed by atoms with Crippen LogP contribution in [0, 0.1) is 0 Å². The van der Waals surface area contributed by atoms with Gasteiger partial charge in [-0.15, -0.1) is 0 Å². The smallest absolute Gasteiger partial charge is 0.122 e. The summed E-state index contributed by atoms with van der Waals surface area (Å²) in [5, 5.41) is 8.95. The van der Waals surface area contributed by atoms with E-state index in [1.165, 1.54) is 63.4 Å². The Balaban J connectivity index is 2.05. The Morgan fingerprint density at radius 2 is 1.50 bits per heavy atom. The molecule has 20 heavy (non-hydrogen) atoms. The van der Waals surface area contributed by atoms with Crippen LogP contribution in [0.3, 0.4) is 0 Å². The van der Waals surface area contributed by atoms with Gasteiger partial charge >= 0.3 is 0 Å². The van der Waals surface area contributed by atoms with Crippen LogP contribution in [-0.4, -0.2) is 18.3 Å². The van der Waals surface area contributed by atoms with Crippen LogP contribution in [0.25, 0.3) is 0 Å². The summed E-state index contributed by atoms with van der Waals surface area (Å²) in [4.78, 5) is 0. The average molecular weight is 276 g/mol. The molecule has 0 aliphatic heterocycles. The molecule has 1 N–H and O–H groups in total. The lowest BCUT2D eigenvalue weighted by Crippen LogP contribution is -2.07. The molecular formula is C18H28O2. The molecule has 1 aromatic rings. The Bertz CT molecular complexity index is 365. The second-order valence-corrected chi connectivity index (χ2v) is 5.86. The lowest BCUT2D eigenvalue weighted by Gasteiger charge is -2.21. The predicted molar refractivity (Wildman–Crippen MR) is 83.3 cm³/mol. The van der Waals surface area contributed by atoms with E-state index in [0.29, 0.717) is 12.5 Å². The summed E-state index contributed by atoms with van der Waals surface area (Å²) in [7, 11) is 0. The van der Waals surface area contributed by atoms with E-state index in [1.54, 1.807) is 0 Å². The summed E-state index contributed by atoms with van der Waals surface area (Å²) < 4.78 is 5.72. The van der Waals surface area contributed by atoms with Crippen molar-refractivity contribution in [1.82, 2.24) is 0 Å². The van der Waals surface area contributed by atoms with E-state index in [9.17, 15) is 0 Å². The largest absolute Gasteiger partial charge is 0.491 e. The van der Waals surface area contributed by atoms with Crippen LogP contribution in [0.1, 0.15) is 69.3 Å². The van der Waals surface area contributed by atoms with Crippen molar-refractivity contribution in [1.29, 1.82) is 0 Å². The van der Waals surface area contributed by atoms with Crippen LogP contribution < -0.4 is 4.74 Å². The second kappa shape index (κ2) is 9.02.